The first-order valence-electron chi connectivity index (χ1n) is 6.60. The molecule has 0 radical (unpaired) electrons. The molecule has 0 spiro atoms. The normalized spacial score (nSPS) is 10.2. The summed E-state index contributed by atoms with van der Waals surface area (Å²) in [6.07, 6.45) is 0.192. The zero-order valence-electron chi connectivity index (χ0n) is 11.8. The third-order valence-corrected chi connectivity index (χ3v) is 2.98. The predicted molar refractivity (Wildman–Crippen MR) is 75.7 cm³/mol. The van der Waals surface area contributed by atoms with Gasteiger partial charge in [0.05, 0.1) is 5.56 Å². The van der Waals surface area contributed by atoms with Gasteiger partial charge in [-0.1, -0.05) is 0 Å². The first-order valence-corrected chi connectivity index (χ1v) is 6.60. The number of nitrogens with zero attached hydrogens (tertiary/aromatic N) is 1. The van der Waals surface area contributed by atoms with Gasteiger partial charge >= 0.3 is 0 Å². The second kappa shape index (κ2) is 7.47. The monoisotopic (exact) mass is 281 g/mol. The maximum Gasteiger partial charge on any atom is 0.254 e. The Morgan fingerprint density at radius 1 is 1.30 bits per heavy atom. The lowest BCUT2D eigenvalue weighted by molar-refractivity contribution is -0.130. The van der Waals surface area contributed by atoms with Crippen LogP contribution < -0.4 is 11.1 Å². The van der Waals surface area contributed by atoms with Gasteiger partial charge in [-0.25, -0.2) is 4.39 Å². The Balaban J connectivity index is 2.52. The van der Waals surface area contributed by atoms with Crippen LogP contribution in [-0.4, -0.2) is 36.3 Å². The van der Waals surface area contributed by atoms with E-state index in [0.29, 0.717) is 18.8 Å². The number of carbonyl (C=O) groups excluding carboxylic acids is 2. The fourth-order valence-corrected chi connectivity index (χ4v) is 1.83. The van der Waals surface area contributed by atoms with Gasteiger partial charge in [0.15, 0.2) is 0 Å². The zero-order chi connectivity index (χ0) is 15.1. The van der Waals surface area contributed by atoms with E-state index in [9.17, 15) is 14.0 Å². The van der Waals surface area contributed by atoms with Crippen molar-refractivity contribution in [3.8, 4) is 0 Å². The Kier molecular flexibility index (Phi) is 5.96. The van der Waals surface area contributed by atoms with Crippen LogP contribution in [0, 0.1) is 5.82 Å². The third-order valence-electron chi connectivity index (χ3n) is 2.98. The molecule has 2 amide bonds. The average Bonchev–Trinajstić information content (AvgIpc) is 2.42. The molecule has 0 heterocycles. The van der Waals surface area contributed by atoms with Crippen molar-refractivity contribution in [2.45, 2.75) is 20.3 Å². The van der Waals surface area contributed by atoms with Gasteiger partial charge in [-0.05, 0) is 32.0 Å². The Morgan fingerprint density at radius 3 is 2.55 bits per heavy atom. The quantitative estimate of drug-likeness (QED) is 0.774. The van der Waals surface area contributed by atoms with E-state index in [2.05, 4.69) is 5.32 Å². The highest BCUT2D eigenvalue weighted by molar-refractivity contribution is 5.95. The summed E-state index contributed by atoms with van der Waals surface area (Å²) in [5.74, 6) is -1.24. The van der Waals surface area contributed by atoms with Gasteiger partial charge in [-0.3, -0.25) is 9.59 Å². The van der Waals surface area contributed by atoms with E-state index in [1.165, 1.54) is 12.1 Å². The summed E-state index contributed by atoms with van der Waals surface area (Å²) in [5.41, 5.74) is 5.72. The second-order valence-electron chi connectivity index (χ2n) is 4.31. The number of nitrogen functional groups attached to an aromatic ring is 1. The van der Waals surface area contributed by atoms with E-state index in [1.807, 2.05) is 13.8 Å². The fourth-order valence-electron chi connectivity index (χ4n) is 1.83. The molecule has 0 aliphatic heterocycles. The van der Waals surface area contributed by atoms with Crippen LogP contribution in [-0.2, 0) is 4.79 Å². The molecule has 0 aliphatic carbocycles. The summed E-state index contributed by atoms with van der Waals surface area (Å²) >= 11 is 0. The minimum Gasteiger partial charge on any atom is -0.399 e. The number of amides is 2. The summed E-state index contributed by atoms with van der Waals surface area (Å²) in [6, 6.07) is 3.80. The first kappa shape index (κ1) is 15.9. The first-order chi connectivity index (χ1) is 9.49. The van der Waals surface area contributed by atoms with Crippen molar-refractivity contribution in [2.75, 3.05) is 25.4 Å². The number of hydrogen-bond acceptors (Lipinski definition) is 3. The van der Waals surface area contributed by atoms with Crippen LogP contribution in [0.5, 0.6) is 0 Å². The number of halogens is 1. The van der Waals surface area contributed by atoms with Crippen LogP contribution in [0.15, 0.2) is 18.2 Å². The molecule has 0 saturated heterocycles. The van der Waals surface area contributed by atoms with Crippen molar-refractivity contribution in [2.24, 2.45) is 0 Å². The van der Waals surface area contributed by atoms with Crippen LogP contribution in [0.4, 0.5) is 10.1 Å². The van der Waals surface area contributed by atoms with Gasteiger partial charge in [-0.15, -0.1) is 0 Å². The van der Waals surface area contributed by atoms with Crippen molar-refractivity contribution in [3.05, 3.63) is 29.6 Å². The Bertz CT molecular complexity index is 487. The second-order valence-corrected chi connectivity index (χ2v) is 4.31. The molecule has 1 rings (SSSR count). The van der Waals surface area contributed by atoms with Crippen LogP contribution in [0.1, 0.15) is 30.6 Å². The number of nitrogens with two attached hydrogens (primary N) is 1. The van der Waals surface area contributed by atoms with Crippen molar-refractivity contribution >= 4 is 17.5 Å². The Labute approximate surface area is 117 Å². The smallest absolute Gasteiger partial charge is 0.254 e. The van der Waals surface area contributed by atoms with Gasteiger partial charge in [0.2, 0.25) is 5.91 Å². The maximum atomic E-state index is 13.5. The molecule has 0 atom stereocenters. The lowest BCUT2D eigenvalue weighted by atomic mass is 10.1. The summed E-state index contributed by atoms with van der Waals surface area (Å²) in [5, 5.41) is 2.52. The molecule has 0 bridgehead atoms. The van der Waals surface area contributed by atoms with E-state index in [-0.39, 0.29) is 24.4 Å². The van der Waals surface area contributed by atoms with E-state index in [1.54, 1.807) is 4.90 Å². The van der Waals surface area contributed by atoms with Crippen molar-refractivity contribution in [1.82, 2.24) is 10.2 Å². The number of rotatable bonds is 6. The molecule has 1 aromatic rings. The molecule has 0 aliphatic rings. The minimum absolute atomic E-state index is 0.0386. The number of nitrogens with one attached hydrogen (secondary N) is 1. The van der Waals surface area contributed by atoms with Crippen molar-refractivity contribution in [1.29, 1.82) is 0 Å². The molecule has 5 nitrogen and oxygen atoms in total. The highest BCUT2D eigenvalue weighted by Gasteiger charge is 2.13. The standard InChI is InChI=1S/C14H20FN3O2/c1-3-18(4-2)13(19)7-8-17-14(20)11-9-10(16)5-6-12(11)15/h5-6,9H,3-4,7-8,16H2,1-2H3,(H,17,20). The van der Waals surface area contributed by atoms with Gasteiger partial charge in [-0.2, -0.15) is 0 Å². The van der Waals surface area contributed by atoms with Crippen LogP contribution in [0.3, 0.4) is 0 Å². The van der Waals surface area contributed by atoms with Gasteiger partial charge in [0, 0.05) is 31.7 Å². The van der Waals surface area contributed by atoms with Crippen molar-refractivity contribution < 1.29 is 14.0 Å². The molecule has 6 heteroatoms. The largest absolute Gasteiger partial charge is 0.399 e. The number of hydrogen-bond donors (Lipinski definition) is 2. The lowest BCUT2D eigenvalue weighted by Crippen LogP contribution is -2.34. The number of carbonyl (C=O) groups is 2. The highest BCUT2D eigenvalue weighted by atomic mass is 19.1. The molecule has 20 heavy (non-hydrogen) atoms. The van der Waals surface area contributed by atoms with Crippen LogP contribution in [0.25, 0.3) is 0 Å². The summed E-state index contributed by atoms with van der Waals surface area (Å²) < 4.78 is 13.5. The van der Waals surface area contributed by atoms with Crippen LogP contribution in [0.2, 0.25) is 0 Å². The topological polar surface area (TPSA) is 75.4 Å². The SMILES string of the molecule is CCN(CC)C(=O)CCNC(=O)c1cc(N)ccc1F. The highest BCUT2D eigenvalue weighted by Crippen LogP contribution is 2.11. The van der Waals surface area contributed by atoms with Gasteiger partial charge in [0.1, 0.15) is 5.82 Å². The van der Waals surface area contributed by atoms with E-state index < -0.39 is 11.7 Å². The number of benzene rings is 1. The Hall–Kier alpha value is -2.11. The lowest BCUT2D eigenvalue weighted by Gasteiger charge is -2.18. The van der Waals surface area contributed by atoms with Crippen LogP contribution >= 0.6 is 0 Å². The molecule has 110 valence electrons. The summed E-state index contributed by atoms with van der Waals surface area (Å²) in [4.78, 5) is 25.2. The predicted octanol–water partition coefficient (Wildman–Crippen LogP) is 1.40. The molecule has 0 aromatic heterocycles. The minimum atomic E-state index is -0.633. The maximum absolute atomic E-state index is 13.5. The average molecular weight is 281 g/mol. The molecule has 0 saturated carbocycles. The van der Waals surface area contributed by atoms with Gasteiger partial charge < -0.3 is 16.0 Å². The molecule has 0 unspecified atom stereocenters. The van der Waals surface area contributed by atoms with E-state index in [0.717, 1.165) is 6.07 Å². The zero-order valence-corrected chi connectivity index (χ0v) is 11.8. The van der Waals surface area contributed by atoms with E-state index in [4.69, 9.17) is 5.73 Å². The number of anilines is 1. The molecule has 0 fully saturated rings. The van der Waals surface area contributed by atoms with Crippen molar-refractivity contribution in [3.63, 3.8) is 0 Å². The van der Waals surface area contributed by atoms with Gasteiger partial charge in [0.25, 0.3) is 5.91 Å². The summed E-state index contributed by atoms with van der Waals surface area (Å²) in [6.45, 7) is 5.22. The third kappa shape index (κ3) is 4.22. The Morgan fingerprint density at radius 2 is 1.95 bits per heavy atom. The molecule has 1 aromatic carbocycles. The molecular weight excluding hydrogens is 261 g/mol. The summed E-state index contributed by atoms with van der Waals surface area (Å²) in [7, 11) is 0. The fraction of sp³-hybridized carbons (Fsp3) is 0.429. The van der Waals surface area contributed by atoms with E-state index >= 15 is 0 Å². The molecular formula is C14H20FN3O2. The molecule has 3 N–H and O–H groups in total.